The molecule has 1 aromatic rings. The normalized spacial score (nSPS) is 26.8. The number of phenolic OH excluding ortho intramolecular Hbond substituents is 1. The average Bonchev–Trinajstić information content (AvgIpc) is 2.81. The van der Waals surface area contributed by atoms with Crippen molar-refractivity contribution in [2.45, 2.75) is 76.9 Å². The van der Waals surface area contributed by atoms with Gasteiger partial charge >= 0.3 is 0 Å². The molecule has 3 nitrogen and oxygen atoms in total. The van der Waals surface area contributed by atoms with E-state index in [0.29, 0.717) is 11.2 Å². The average molecular weight is 303 g/mol. The number of hydrogen-bond acceptors (Lipinski definition) is 3. The largest absolute Gasteiger partial charge is 0.504 e. The summed E-state index contributed by atoms with van der Waals surface area (Å²) < 4.78 is 6.11. The molecule has 0 saturated heterocycles. The number of rotatable bonds is 3. The minimum atomic E-state index is -0.251. The summed E-state index contributed by atoms with van der Waals surface area (Å²) in [5, 5.41) is 10.1. The Morgan fingerprint density at radius 1 is 1.14 bits per heavy atom. The zero-order valence-corrected chi connectivity index (χ0v) is 13.9. The molecule has 2 saturated carbocycles. The van der Waals surface area contributed by atoms with Crippen LogP contribution in [-0.2, 0) is 5.54 Å². The maximum Gasteiger partial charge on any atom is 0.161 e. The molecule has 0 aromatic heterocycles. The molecule has 1 aromatic carbocycles. The molecule has 1 atom stereocenters. The molecular formula is C19H29NO2. The summed E-state index contributed by atoms with van der Waals surface area (Å²) in [4.78, 5) is 0. The smallest absolute Gasteiger partial charge is 0.161 e. The molecule has 122 valence electrons. The predicted octanol–water partition coefficient (Wildman–Crippen LogP) is 4.47. The minimum Gasteiger partial charge on any atom is -0.504 e. The van der Waals surface area contributed by atoms with Crippen molar-refractivity contribution < 1.29 is 9.84 Å². The summed E-state index contributed by atoms with van der Waals surface area (Å²) >= 11 is 0. The quantitative estimate of drug-likeness (QED) is 0.866. The summed E-state index contributed by atoms with van der Waals surface area (Å²) in [5.74, 6) is 0.837. The first-order valence-corrected chi connectivity index (χ1v) is 8.67. The maximum atomic E-state index is 10.1. The molecule has 0 amide bonds. The first kappa shape index (κ1) is 15.7. The zero-order valence-electron chi connectivity index (χ0n) is 13.9. The standard InChI is InChI=1S/C19H29NO2/c1-18(2)11-8-15(13-18)22-17-12-14(6-7-16(17)21)19(20)9-4-3-5-10-19/h6-7,12,15,21H,3-5,8-11,13,20H2,1-2H3. The van der Waals surface area contributed by atoms with Crippen molar-refractivity contribution in [1.82, 2.24) is 0 Å². The number of ether oxygens (including phenoxy) is 1. The van der Waals surface area contributed by atoms with Crippen LogP contribution in [0.5, 0.6) is 11.5 Å². The van der Waals surface area contributed by atoms with E-state index in [1.807, 2.05) is 12.1 Å². The van der Waals surface area contributed by atoms with Crippen molar-refractivity contribution in [2.75, 3.05) is 0 Å². The van der Waals surface area contributed by atoms with Crippen LogP contribution < -0.4 is 10.5 Å². The third-order valence-electron chi connectivity index (χ3n) is 5.50. The predicted molar refractivity (Wildman–Crippen MR) is 89.1 cm³/mol. The molecule has 2 aliphatic carbocycles. The van der Waals surface area contributed by atoms with Crippen LogP contribution in [0.4, 0.5) is 0 Å². The van der Waals surface area contributed by atoms with E-state index in [1.165, 1.54) is 25.7 Å². The lowest BCUT2D eigenvalue weighted by molar-refractivity contribution is 0.185. The van der Waals surface area contributed by atoms with Crippen LogP contribution in [0.25, 0.3) is 0 Å². The molecule has 1 unspecified atom stereocenters. The van der Waals surface area contributed by atoms with Gasteiger partial charge < -0.3 is 15.6 Å². The molecule has 22 heavy (non-hydrogen) atoms. The van der Waals surface area contributed by atoms with E-state index in [1.54, 1.807) is 6.07 Å². The van der Waals surface area contributed by atoms with E-state index < -0.39 is 0 Å². The molecule has 3 rings (SSSR count). The highest BCUT2D eigenvalue weighted by Gasteiger charge is 2.34. The topological polar surface area (TPSA) is 55.5 Å². The number of benzene rings is 1. The Labute approximate surface area is 133 Å². The van der Waals surface area contributed by atoms with Crippen LogP contribution in [-0.4, -0.2) is 11.2 Å². The van der Waals surface area contributed by atoms with Crippen LogP contribution in [0.2, 0.25) is 0 Å². The number of hydrogen-bond donors (Lipinski definition) is 2. The Kier molecular flexibility index (Phi) is 4.11. The Morgan fingerprint density at radius 3 is 2.50 bits per heavy atom. The SMILES string of the molecule is CC1(C)CCC(Oc2cc(C3(N)CCCCC3)ccc2O)C1. The number of phenols is 1. The van der Waals surface area contributed by atoms with E-state index in [4.69, 9.17) is 10.5 Å². The molecule has 0 spiro atoms. The third kappa shape index (κ3) is 3.24. The van der Waals surface area contributed by atoms with E-state index in [-0.39, 0.29) is 17.4 Å². The van der Waals surface area contributed by atoms with E-state index >= 15 is 0 Å². The molecule has 0 aliphatic heterocycles. The second-order valence-electron chi connectivity index (χ2n) is 8.05. The second-order valence-corrected chi connectivity index (χ2v) is 8.05. The summed E-state index contributed by atoms with van der Waals surface area (Å²) in [6.45, 7) is 4.56. The highest BCUT2D eigenvalue weighted by molar-refractivity contribution is 5.44. The van der Waals surface area contributed by atoms with Crippen molar-refractivity contribution in [2.24, 2.45) is 11.1 Å². The highest BCUT2D eigenvalue weighted by Crippen LogP contribution is 2.42. The molecule has 0 bridgehead atoms. The van der Waals surface area contributed by atoms with Gasteiger partial charge in [0.05, 0.1) is 6.10 Å². The van der Waals surface area contributed by atoms with Gasteiger partial charge in [0, 0.05) is 5.54 Å². The van der Waals surface area contributed by atoms with Gasteiger partial charge in [-0.1, -0.05) is 39.2 Å². The number of aromatic hydroxyl groups is 1. The van der Waals surface area contributed by atoms with Gasteiger partial charge in [-0.15, -0.1) is 0 Å². The molecular weight excluding hydrogens is 274 g/mol. The Balaban J connectivity index is 1.78. The second kappa shape index (κ2) is 5.77. The lowest BCUT2D eigenvalue weighted by Crippen LogP contribution is -2.38. The van der Waals surface area contributed by atoms with Gasteiger partial charge in [-0.05, 0) is 55.2 Å². The van der Waals surface area contributed by atoms with Crippen molar-refractivity contribution in [3.05, 3.63) is 23.8 Å². The van der Waals surface area contributed by atoms with Crippen molar-refractivity contribution >= 4 is 0 Å². The molecule has 2 aliphatic rings. The third-order valence-corrected chi connectivity index (χ3v) is 5.50. The molecule has 0 heterocycles. The van der Waals surface area contributed by atoms with Gasteiger partial charge in [0.1, 0.15) is 0 Å². The first-order valence-electron chi connectivity index (χ1n) is 8.67. The zero-order chi connectivity index (χ0) is 15.8. The van der Waals surface area contributed by atoms with Gasteiger partial charge in [0.25, 0.3) is 0 Å². The lowest BCUT2D eigenvalue weighted by Gasteiger charge is -2.34. The van der Waals surface area contributed by atoms with Gasteiger partial charge in [0.15, 0.2) is 11.5 Å². The summed E-state index contributed by atoms with van der Waals surface area (Å²) in [5.41, 5.74) is 7.81. The Morgan fingerprint density at radius 2 is 1.86 bits per heavy atom. The maximum absolute atomic E-state index is 10.1. The monoisotopic (exact) mass is 303 g/mol. The van der Waals surface area contributed by atoms with Gasteiger partial charge in [-0.2, -0.15) is 0 Å². The molecule has 3 heteroatoms. The van der Waals surface area contributed by atoms with Crippen molar-refractivity contribution in [3.63, 3.8) is 0 Å². The fourth-order valence-electron chi connectivity index (χ4n) is 4.04. The number of nitrogens with two attached hydrogens (primary N) is 1. The molecule has 0 radical (unpaired) electrons. The molecule has 3 N–H and O–H groups in total. The highest BCUT2D eigenvalue weighted by atomic mass is 16.5. The molecule has 2 fully saturated rings. The van der Waals surface area contributed by atoms with E-state index in [0.717, 1.165) is 31.2 Å². The first-order chi connectivity index (χ1) is 10.4. The Hall–Kier alpha value is -1.22. The van der Waals surface area contributed by atoms with Gasteiger partial charge in [-0.3, -0.25) is 0 Å². The van der Waals surface area contributed by atoms with Crippen LogP contribution in [0, 0.1) is 5.41 Å². The fraction of sp³-hybridized carbons (Fsp3) is 0.684. The Bertz CT molecular complexity index is 532. The van der Waals surface area contributed by atoms with Crippen LogP contribution in [0.3, 0.4) is 0 Å². The van der Waals surface area contributed by atoms with Crippen molar-refractivity contribution in [1.29, 1.82) is 0 Å². The minimum absolute atomic E-state index is 0.205. The van der Waals surface area contributed by atoms with Crippen LogP contribution in [0.15, 0.2) is 18.2 Å². The van der Waals surface area contributed by atoms with Crippen LogP contribution in [0.1, 0.15) is 70.8 Å². The summed E-state index contributed by atoms with van der Waals surface area (Å²) in [6, 6.07) is 5.69. The fourth-order valence-corrected chi connectivity index (χ4v) is 4.04. The summed E-state index contributed by atoms with van der Waals surface area (Å²) in [6.07, 6.45) is 9.18. The van der Waals surface area contributed by atoms with Gasteiger partial charge in [0.2, 0.25) is 0 Å². The summed E-state index contributed by atoms with van der Waals surface area (Å²) in [7, 11) is 0. The van der Waals surface area contributed by atoms with Gasteiger partial charge in [-0.25, -0.2) is 0 Å². The lowest BCUT2D eigenvalue weighted by atomic mass is 9.77. The van der Waals surface area contributed by atoms with Crippen molar-refractivity contribution in [3.8, 4) is 11.5 Å². The van der Waals surface area contributed by atoms with E-state index in [2.05, 4.69) is 13.8 Å². The van der Waals surface area contributed by atoms with Crippen LogP contribution >= 0.6 is 0 Å². The van der Waals surface area contributed by atoms with E-state index in [9.17, 15) is 5.11 Å².